The van der Waals surface area contributed by atoms with Gasteiger partial charge in [0.25, 0.3) is 0 Å². The van der Waals surface area contributed by atoms with E-state index in [9.17, 15) is 0 Å². The van der Waals surface area contributed by atoms with E-state index in [0.29, 0.717) is 24.9 Å². The van der Waals surface area contributed by atoms with E-state index in [0.717, 1.165) is 17.0 Å². The minimum absolute atomic E-state index is 0.249. The lowest BCUT2D eigenvalue weighted by Gasteiger charge is -2.10. The molecule has 2 heterocycles. The monoisotopic (exact) mass is 349 g/mol. The molecule has 3 aromatic rings. The standard InChI is InChI=1S/C19H23N7/c1-12-8-13(2)10-15(9-12)16-11-17(26-18(20)25-16)21-6-7-23-19-22-5-4-14(3)24-19/h4-5,8-11H,6-7H2,1-3H3,(H,22,23,24)(H3,20,21,25,26). The Bertz CT molecular complexity index is 888. The summed E-state index contributed by atoms with van der Waals surface area (Å²) in [5.74, 6) is 1.56. The molecule has 0 atom stereocenters. The number of hydrogen-bond acceptors (Lipinski definition) is 7. The highest BCUT2D eigenvalue weighted by Crippen LogP contribution is 2.23. The molecule has 4 N–H and O–H groups in total. The van der Waals surface area contributed by atoms with Crippen molar-refractivity contribution >= 4 is 17.7 Å². The molecule has 26 heavy (non-hydrogen) atoms. The van der Waals surface area contributed by atoms with Crippen LogP contribution in [0.1, 0.15) is 16.8 Å². The maximum Gasteiger partial charge on any atom is 0.222 e. The maximum atomic E-state index is 5.89. The van der Waals surface area contributed by atoms with Crippen LogP contribution < -0.4 is 16.4 Å². The average molecular weight is 349 g/mol. The molecule has 0 fully saturated rings. The van der Waals surface area contributed by atoms with Crippen LogP contribution in [0.15, 0.2) is 36.5 Å². The number of anilines is 3. The summed E-state index contributed by atoms with van der Waals surface area (Å²) in [6.07, 6.45) is 1.74. The minimum Gasteiger partial charge on any atom is -0.368 e. The van der Waals surface area contributed by atoms with Crippen molar-refractivity contribution in [1.82, 2.24) is 19.9 Å². The average Bonchev–Trinajstić information content (AvgIpc) is 2.57. The Balaban J connectivity index is 1.66. The van der Waals surface area contributed by atoms with Gasteiger partial charge < -0.3 is 16.4 Å². The van der Waals surface area contributed by atoms with Crippen molar-refractivity contribution in [3.63, 3.8) is 0 Å². The van der Waals surface area contributed by atoms with Crippen LogP contribution in [0.2, 0.25) is 0 Å². The van der Waals surface area contributed by atoms with E-state index in [2.05, 4.69) is 62.6 Å². The molecule has 134 valence electrons. The Labute approximate surface area is 153 Å². The normalized spacial score (nSPS) is 10.6. The highest BCUT2D eigenvalue weighted by molar-refractivity contribution is 5.65. The van der Waals surface area contributed by atoms with E-state index in [4.69, 9.17) is 5.73 Å². The van der Waals surface area contributed by atoms with Gasteiger partial charge in [0.15, 0.2) is 0 Å². The van der Waals surface area contributed by atoms with Crippen LogP contribution in [0.5, 0.6) is 0 Å². The van der Waals surface area contributed by atoms with Crippen LogP contribution in [0, 0.1) is 20.8 Å². The molecular formula is C19H23N7. The summed E-state index contributed by atoms with van der Waals surface area (Å²) in [4.78, 5) is 17.1. The van der Waals surface area contributed by atoms with Gasteiger partial charge in [-0.3, -0.25) is 0 Å². The first-order chi connectivity index (χ1) is 12.5. The van der Waals surface area contributed by atoms with Crippen molar-refractivity contribution in [2.75, 3.05) is 29.5 Å². The largest absolute Gasteiger partial charge is 0.368 e. The quantitative estimate of drug-likeness (QED) is 0.588. The molecule has 0 bridgehead atoms. The number of aryl methyl sites for hydroxylation is 3. The van der Waals surface area contributed by atoms with Crippen molar-refractivity contribution in [3.05, 3.63) is 53.3 Å². The highest BCUT2D eigenvalue weighted by Gasteiger charge is 2.06. The Morgan fingerprint density at radius 1 is 0.885 bits per heavy atom. The van der Waals surface area contributed by atoms with E-state index in [1.54, 1.807) is 6.20 Å². The van der Waals surface area contributed by atoms with Gasteiger partial charge in [0.2, 0.25) is 11.9 Å². The molecule has 0 saturated heterocycles. The molecule has 0 amide bonds. The lowest BCUT2D eigenvalue weighted by Crippen LogP contribution is -2.16. The first-order valence-electron chi connectivity index (χ1n) is 8.50. The first kappa shape index (κ1) is 17.6. The second-order valence-corrected chi connectivity index (χ2v) is 6.25. The summed E-state index contributed by atoms with van der Waals surface area (Å²) >= 11 is 0. The van der Waals surface area contributed by atoms with Crippen LogP contribution in [-0.2, 0) is 0 Å². The number of aromatic nitrogens is 4. The second kappa shape index (κ2) is 7.77. The number of nitrogens with zero attached hydrogens (tertiary/aromatic N) is 4. The molecular weight excluding hydrogens is 326 g/mol. The van der Waals surface area contributed by atoms with Gasteiger partial charge in [-0.25, -0.2) is 15.0 Å². The van der Waals surface area contributed by atoms with Crippen LogP contribution in [0.25, 0.3) is 11.3 Å². The zero-order valence-electron chi connectivity index (χ0n) is 15.2. The molecule has 0 spiro atoms. The number of nitrogens with two attached hydrogens (primary N) is 1. The van der Waals surface area contributed by atoms with E-state index in [1.165, 1.54) is 11.1 Å². The summed E-state index contributed by atoms with van der Waals surface area (Å²) in [6.45, 7) is 7.38. The number of nitrogens with one attached hydrogen (secondary N) is 2. The van der Waals surface area contributed by atoms with Crippen LogP contribution in [-0.4, -0.2) is 33.0 Å². The molecule has 0 unspecified atom stereocenters. The molecule has 2 aromatic heterocycles. The Hall–Kier alpha value is -3.22. The third kappa shape index (κ3) is 4.66. The van der Waals surface area contributed by atoms with Crippen molar-refractivity contribution in [1.29, 1.82) is 0 Å². The van der Waals surface area contributed by atoms with Gasteiger partial charge in [-0.15, -0.1) is 0 Å². The summed E-state index contributed by atoms with van der Waals surface area (Å²) in [7, 11) is 0. The first-order valence-corrected chi connectivity index (χ1v) is 8.50. The summed E-state index contributed by atoms with van der Waals surface area (Å²) in [5.41, 5.74) is 11.0. The van der Waals surface area contributed by atoms with E-state index < -0.39 is 0 Å². The Morgan fingerprint density at radius 3 is 2.35 bits per heavy atom. The van der Waals surface area contributed by atoms with Gasteiger partial charge in [-0.1, -0.05) is 17.2 Å². The molecule has 0 aliphatic carbocycles. The van der Waals surface area contributed by atoms with Gasteiger partial charge in [0.1, 0.15) is 5.82 Å². The topological polar surface area (TPSA) is 102 Å². The molecule has 1 aromatic carbocycles. The van der Waals surface area contributed by atoms with Gasteiger partial charge in [0.05, 0.1) is 5.69 Å². The Morgan fingerprint density at radius 2 is 1.62 bits per heavy atom. The lowest BCUT2D eigenvalue weighted by atomic mass is 10.0. The third-order valence-electron chi connectivity index (χ3n) is 3.77. The molecule has 7 heteroatoms. The zero-order valence-corrected chi connectivity index (χ0v) is 15.2. The molecule has 7 nitrogen and oxygen atoms in total. The maximum absolute atomic E-state index is 5.89. The smallest absolute Gasteiger partial charge is 0.222 e. The number of benzene rings is 1. The molecule has 0 aliphatic rings. The van der Waals surface area contributed by atoms with Gasteiger partial charge in [-0.05, 0) is 39.0 Å². The van der Waals surface area contributed by atoms with Crippen molar-refractivity contribution in [2.45, 2.75) is 20.8 Å². The lowest BCUT2D eigenvalue weighted by molar-refractivity contribution is 1.00. The molecule has 0 radical (unpaired) electrons. The fourth-order valence-electron chi connectivity index (χ4n) is 2.73. The van der Waals surface area contributed by atoms with Gasteiger partial charge in [0, 0.05) is 36.6 Å². The van der Waals surface area contributed by atoms with Crippen LogP contribution >= 0.6 is 0 Å². The van der Waals surface area contributed by atoms with E-state index in [1.807, 2.05) is 19.1 Å². The summed E-state index contributed by atoms with van der Waals surface area (Å²) in [5, 5.41) is 6.43. The van der Waals surface area contributed by atoms with Crippen molar-refractivity contribution in [3.8, 4) is 11.3 Å². The summed E-state index contributed by atoms with van der Waals surface area (Å²) in [6, 6.07) is 10.1. The van der Waals surface area contributed by atoms with Gasteiger partial charge in [-0.2, -0.15) is 4.98 Å². The number of nitrogen functional groups attached to an aromatic ring is 1. The minimum atomic E-state index is 0.249. The third-order valence-corrected chi connectivity index (χ3v) is 3.77. The SMILES string of the molecule is Cc1cc(C)cc(-c2cc(NCCNc3nccc(C)n3)nc(N)n2)c1. The molecule has 0 aliphatic heterocycles. The second-order valence-electron chi connectivity index (χ2n) is 6.25. The number of hydrogen-bond donors (Lipinski definition) is 3. The highest BCUT2D eigenvalue weighted by atomic mass is 15.1. The van der Waals surface area contributed by atoms with Crippen LogP contribution in [0.4, 0.5) is 17.7 Å². The summed E-state index contributed by atoms with van der Waals surface area (Å²) < 4.78 is 0. The molecule has 3 rings (SSSR count). The van der Waals surface area contributed by atoms with Crippen molar-refractivity contribution < 1.29 is 0 Å². The fraction of sp³-hybridized carbons (Fsp3) is 0.263. The van der Waals surface area contributed by atoms with E-state index in [-0.39, 0.29) is 5.95 Å². The van der Waals surface area contributed by atoms with Crippen LogP contribution in [0.3, 0.4) is 0 Å². The molecule has 0 saturated carbocycles. The van der Waals surface area contributed by atoms with E-state index >= 15 is 0 Å². The predicted molar refractivity (Wildman–Crippen MR) is 105 cm³/mol. The van der Waals surface area contributed by atoms with Crippen molar-refractivity contribution in [2.24, 2.45) is 0 Å². The Kier molecular flexibility index (Phi) is 5.26. The van der Waals surface area contributed by atoms with Gasteiger partial charge >= 0.3 is 0 Å². The number of rotatable bonds is 6. The fourth-order valence-corrected chi connectivity index (χ4v) is 2.73. The zero-order chi connectivity index (χ0) is 18.5. The predicted octanol–water partition coefficient (Wildman–Crippen LogP) is 2.97.